The first kappa shape index (κ1) is 8.72. The first-order valence-corrected chi connectivity index (χ1v) is 5.39. The first-order chi connectivity index (χ1) is 7.19. The summed E-state index contributed by atoms with van der Waals surface area (Å²) in [7, 11) is 0. The molecule has 0 amide bonds. The molecule has 0 aromatic carbocycles. The lowest BCUT2D eigenvalue weighted by Crippen LogP contribution is -2.15. The van der Waals surface area contributed by atoms with Crippen molar-refractivity contribution in [3.8, 4) is 0 Å². The zero-order chi connectivity index (χ0) is 10.5. The summed E-state index contributed by atoms with van der Waals surface area (Å²) >= 11 is 0. The van der Waals surface area contributed by atoms with E-state index in [2.05, 4.69) is 62.5 Å². The van der Waals surface area contributed by atoms with Gasteiger partial charge < -0.3 is 0 Å². The van der Waals surface area contributed by atoms with Gasteiger partial charge in [0.05, 0.1) is 0 Å². The largest absolute Gasteiger partial charge is 0.0698 e. The molecule has 1 atom stereocenters. The molecule has 0 heterocycles. The smallest absolute Gasteiger partial charge is 0.0298 e. The molecule has 0 saturated heterocycles. The lowest BCUT2D eigenvalue weighted by Gasteiger charge is -2.28. The molecule has 0 fully saturated rings. The third-order valence-electron chi connectivity index (χ3n) is 3.43. The molecule has 15 heavy (non-hydrogen) atoms. The van der Waals surface area contributed by atoms with Crippen LogP contribution in [0.15, 0.2) is 70.9 Å². The van der Waals surface area contributed by atoms with Crippen LogP contribution in [0.3, 0.4) is 0 Å². The maximum absolute atomic E-state index is 2.37. The fourth-order valence-corrected chi connectivity index (χ4v) is 2.56. The van der Waals surface area contributed by atoms with Crippen molar-refractivity contribution in [3.05, 3.63) is 70.9 Å². The molecule has 0 heteroatoms. The summed E-state index contributed by atoms with van der Waals surface area (Å²) in [5.41, 5.74) is 5.62. The van der Waals surface area contributed by atoms with Crippen LogP contribution in [0.4, 0.5) is 0 Å². The van der Waals surface area contributed by atoms with E-state index >= 15 is 0 Å². The summed E-state index contributed by atoms with van der Waals surface area (Å²) in [6.45, 7) is 4.47. The first-order valence-electron chi connectivity index (χ1n) is 5.39. The van der Waals surface area contributed by atoms with Gasteiger partial charge in [-0.3, -0.25) is 0 Å². The van der Waals surface area contributed by atoms with E-state index in [0.29, 0.717) is 0 Å². The third-order valence-corrected chi connectivity index (χ3v) is 3.43. The zero-order valence-electron chi connectivity index (χ0n) is 9.12. The van der Waals surface area contributed by atoms with Gasteiger partial charge in [0.1, 0.15) is 0 Å². The SMILES string of the molecule is CC1=CC2(C)C=CC3=C2C=C1C=CC=C3. The topological polar surface area (TPSA) is 0 Å². The second-order valence-electron chi connectivity index (χ2n) is 4.63. The van der Waals surface area contributed by atoms with Gasteiger partial charge in [-0.1, -0.05) is 42.5 Å². The maximum atomic E-state index is 2.37. The van der Waals surface area contributed by atoms with Gasteiger partial charge in [0.2, 0.25) is 0 Å². The molecule has 0 N–H and O–H groups in total. The second kappa shape index (κ2) is 2.73. The van der Waals surface area contributed by atoms with Crippen molar-refractivity contribution >= 4 is 0 Å². The molecule has 1 unspecified atom stereocenters. The molecule has 0 aliphatic heterocycles. The van der Waals surface area contributed by atoms with Gasteiger partial charge in [0.15, 0.2) is 0 Å². The van der Waals surface area contributed by atoms with Crippen LogP contribution in [0.2, 0.25) is 0 Å². The van der Waals surface area contributed by atoms with Crippen LogP contribution >= 0.6 is 0 Å². The second-order valence-corrected chi connectivity index (χ2v) is 4.63. The zero-order valence-corrected chi connectivity index (χ0v) is 9.12. The Bertz CT molecular complexity index is 504. The van der Waals surface area contributed by atoms with Gasteiger partial charge in [-0.2, -0.15) is 0 Å². The van der Waals surface area contributed by atoms with Crippen molar-refractivity contribution in [2.45, 2.75) is 13.8 Å². The quantitative estimate of drug-likeness (QED) is 0.549. The molecule has 0 saturated carbocycles. The molecule has 0 aromatic rings. The van der Waals surface area contributed by atoms with Crippen molar-refractivity contribution in [1.29, 1.82) is 0 Å². The molecular formula is C15H14. The summed E-state index contributed by atoms with van der Waals surface area (Å²) < 4.78 is 0. The van der Waals surface area contributed by atoms with E-state index in [-0.39, 0.29) is 5.41 Å². The van der Waals surface area contributed by atoms with Gasteiger partial charge >= 0.3 is 0 Å². The molecule has 3 aliphatic rings. The minimum Gasteiger partial charge on any atom is -0.0698 e. The van der Waals surface area contributed by atoms with E-state index in [1.807, 2.05) is 0 Å². The number of rotatable bonds is 0. The van der Waals surface area contributed by atoms with Crippen molar-refractivity contribution in [3.63, 3.8) is 0 Å². The lowest BCUT2D eigenvalue weighted by molar-refractivity contribution is 0.678. The molecule has 74 valence electrons. The predicted octanol–water partition coefficient (Wildman–Crippen LogP) is 3.87. The van der Waals surface area contributed by atoms with E-state index in [1.165, 1.54) is 22.3 Å². The summed E-state index contributed by atoms with van der Waals surface area (Å²) in [6, 6.07) is 0. The van der Waals surface area contributed by atoms with Crippen LogP contribution in [-0.4, -0.2) is 0 Å². The highest BCUT2D eigenvalue weighted by Gasteiger charge is 2.31. The monoisotopic (exact) mass is 194 g/mol. The van der Waals surface area contributed by atoms with E-state index in [0.717, 1.165) is 0 Å². The summed E-state index contributed by atoms with van der Waals surface area (Å²) in [5, 5.41) is 0. The number of allylic oxidation sites excluding steroid dienone is 12. The molecule has 3 aliphatic carbocycles. The van der Waals surface area contributed by atoms with Gasteiger partial charge in [-0.15, -0.1) is 0 Å². The van der Waals surface area contributed by atoms with Crippen LogP contribution in [0, 0.1) is 5.41 Å². The van der Waals surface area contributed by atoms with Gasteiger partial charge in [-0.05, 0) is 42.2 Å². The van der Waals surface area contributed by atoms with Crippen molar-refractivity contribution in [1.82, 2.24) is 0 Å². The third kappa shape index (κ3) is 1.14. The maximum Gasteiger partial charge on any atom is 0.0298 e. The van der Waals surface area contributed by atoms with E-state index in [1.54, 1.807) is 0 Å². The van der Waals surface area contributed by atoms with Crippen molar-refractivity contribution in [2.75, 3.05) is 0 Å². The Morgan fingerprint density at radius 2 is 1.87 bits per heavy atom. The Morgan fingerprint density at radius 3 is 2.73 bits per heavy atom. The molecule has 0 spiro atoms. The Morgan fingerprint density at radius 1 is 1.07 bits per heavy atom. The normalized spacial score (nSPS) is 31.3. The van der Waals surface area contributed by atoms with E-state index in [4.69, 9.17) is 0 Å². The van der Waals surface area contributed by atoms with Crippen LogP contribution < -0.4 is 0 Å². The average Bonchev–Trinajstić information content (AvgIpc) is 2.42. The van der Waals surface area contributed by atoms with Crippen molar-refractivity contribution < 1.29 is 0 Å². The van der Waals surface area contributed by atoms with Crippen LogP contribution in [0.1, 0.15) is 13.8 Å². The Balaban J connectivity index is 2.29. The van der Waals surface area contributed by atoms with E-state index in [9.17, 15) is 0 Å². The highest BCUT2D eigenvalue weighted by molar-refractivity contribution is 5.63. The summed E-state index contributed by atoms with van der Waals surface area (Å²) in [6.07, 6.45) is 17.8. The van der Waals surface area contributed by atoms with Crippen molar-refractivity contribution in [2.24, 2.45) is 5.41 Å². The number of hydrogen-bond acceptors (Lipinski definition) is 0. The van der Waals surface area contributed by atoms with Gasteiger partial charge in [-0.25, -0.2) is 0 Å². The Hall–Kier alpha value is -1.56. The highest BCUT2D eigenvalue weighted by atomic mass is 14.3. The fraction of sp³-hybridized carbons (Fsp3) is 0.200. The minimum atomic E-state index is 0.123. The predicted molar refractivity (Wildman–Crippen MR) is 64.4 cm³/mol. The molecule has 3 rings (SSSR count). The molecule has 0 aromatic heterocycles. The van der Waals surface area contributed by atoms with Crippen LogP contribution in [-0.2, 0) is 0 Å². The molecule has 2 bridgehead atoms. The summed E-state index contributed by atoms with van der Waals surface area (Å²) in [4.78, 5) is 0. The molecule has 0 radical (unpaired) electrons. The standard InChI is InChI=1S/C15H14/c1-11-10-15(2)8-7-12-5-3-4-6-13(11)9-14(12)15/h3-10H,1-2H3. The fourth-order valence-electron chi connectivity index (χ4n) is 2.56. The van der Waals surface area contributed by atoms with Gasteiger partial charge in [0.25, 0.3) is 0 Å². The number of hydrogen-bond donors (Lipinski definition) is 0. The highest BCUT2D eigenvalue weighted by Crippen LogP contribution is 2.45. The Kier molecular flexibility index (Phi) is 1.59. The van der Waals surface area contributed by atoms with Crippen LogP contribution in [0.5, 0.6) is 0 Å². The molecule has 0 nitrogen and oxygen atoms in total. The lowest BCUT2D eigenvalue weighted by atomic mass is 9.76. The minimum absolute atomic E-state index is 0.123. The average molecular weight is 194 g/mol. The van der Waals surface area contributed by atoms with Gasteiger partial charge in [0, 0.05) is 5.41 Å². The Labute approximate surface area is 90.7 Å². The van der Waals surface area contributed by atoms with E-state index < -0.39 is 0 Å². The summed E-state index contributed by atoms with van der Waals surface area (Å²) in [5.74, 6) is 0. The molecular weight excluding hydrogens is 180 g/mol. The van der Waals surface area contributed by atoms with Crippen LogP contribution in [0.25, 0.3) is 0 Å².